The first kappa shape index (κ1) is 10.8. The molecule has 3 rings (SSSR count). The molecule has 4 heteroatoms. The minimum atomic E-state index is 0.708. The van der Waals surface area contributed by atoms with Gasteiger partial charge in [0.15, 0.2) is 0 Å². The molecule has 0 aliphatic rings. The van der Waals surface area contributed by atoms with Gasteiger partial charge in [-0.1, -0.05) is 23.7 Å². The summed E-state index contributed by atoms with van der Waals surface area (Å²) in [6.45, 7) is 0. The summed E-state index contributed by atoms with van der Waals surface area (Å²) in [5, 5.41) is 0.708. The highest BCUT2D eigenvalue weighted by molar-refractivity contribution is 9.10. The molecule has 0 bridgehead atoms. The van der Waals surface area contributed by atoms with Crippen LogP contribution in [0.2, 0.25) is 5.02 Å². The molecule has 17 heavy (non-hydrogen) atoms. The molecule has 1 aromatic carbocycles. The lowest BCUT2D eigenvalue weighted by Gasteiger charge is -2.03. The molecule has 84 valence electrons. The summed E-state index contributed by atoms with van der Waals surface area (Å²) in [6, 6.07) is 11.7. The summed E-state index contributed by atoms with van der Waals surface area (Å²) in [5.74, 6) is 0.854. The largest absolute Gasteiger partial charge is 0.299 e. The van der Waals surface area contributed by atoms with Gasteiger partial charge in [-0.05, 0) is 40.2 Å². The summed E-state index contributed by atoms with van der Waals surface area (Å²) < 4.78 is 3.04. The first-order chi connectivity index (χ1) is 8.27. The van der Waals surface area contributed by atoms with Crippen LogP contribution in [0.25, 0.3) is 16.9 Å². The van der Waals surface area contributed by atoms with Crippen molar-refractivity contribution < 1.29 is 0 Å². The van der Waals surface area contributed by atoms with E-state index in [0.29, 0.717) is 5.02 Å². The predicted molar refractivity (Wildman–Crippen MR) is 73.3 cm³/mol. The van der Waals surface area contributed by atoms with Crippen LogP contribution in [0, 0.1) is 0 Å². The molecule has 0 fully saturated rings. The molecule has 0 aliphatic heterocycles. The molecular weight excluding hydrogens is 300 g/mol. The predicted octanol–water partition coefficient (Wildman–Crippen LogP) is 4.42. The van der Waals surface area contributed by atoms with Crippen molar-refractivity contribution in [3.63, 3.8) is 0 Å². The molecule has 0 N–H and O–H groups in total. The Morgan fingerprint density at radius 1 is 1.12 bits per heavy atom. The second-order valence-corrected chi connectivity index (χ2v) is 4.93. The van der Waals surface area contributed by atoms with Crippen molar-refractivity contribution >= 4 is 33.0 Å². The van der Waals surface area contributed by atoms with Gasteiger partial charge in [0.2, 0.25) is 0 Å². The fourth-order valence-corrected chi connectivity index (χ4v) is 2.50. The Morgan fingerprint density at radius 2 is 1.94 bits per heavy atom. The maximum Gasteiger partial charge on any atom is 0.146 e. The summed E-state index contributed by atoms with van der Waals surface area (Å²) in [5.41, 5.74) is 1.97. The van der Waals surface area contributed by atoms with Crippen molar-refractivity contribution in [3.05, 3.63) is 58.3 Å². The number of hydrogen-bond donors (Lipinski definition) is 0. The van der Waals surface area contributed by atoms with E-state index in [2.05, 4.69) is 20.9 Å². The van der Waals surface area contributed by atoms with Crippen LogP contribution in [0.5, 0.6) is 0 Å². The zero-order valence-corrected chi connectivity index (χ0v) is 11.1. The highest BCUT2D eigenvalue weighted by Gasteiger charge is 2.10. The van der Waals surface area contributed by atoms with Gasteiger partial charge in [0, 0.05) is 16.2 Å². The number of hydrogen-bond acceptors (Lipinski definition) is 1. The smallest absolute Gasteiger partial charge is 0.146 e. The number of nitrogens with zero attached hydrogens (tertiary/aromatic N) is 2. The van der Waals surface area contributed by atoms with Gasteiger partial charge < -0.3 is 0 Å². The maximum absolute atomic E-state index is 6.19. The van der Waals surface area contributed by atoms with Gasteiger partial charge >= 0.3 is 0 Å². The zero-order valence-electron chi connectivity index (χ0n) is 8.77. The van der Waals surface area contributed by atoms with Gasteiger partial charge in [0.05, 0.1) is 16.7 Å². The lowest BCUT2D eigenvalue weighted by atomic mass is 10.2. The number of imidazole rings is 1. The first-order valence-electron chi connectivity index (χ1n) is 5.14. The standard InChI is InChI=1S/C13H8BrClN2/c14-10-5-3-7-17-12(10)8-16-13(17)9-4-1-2-6-11(9)15/h1-8H. The highest BCUT2D eigenvalue weighted by atomic mass is 79.9. The Hall–Kier alpha value is -1.32. The number of halogens is 2. The fraction of sp³-hybridized carbons (Fsp3) is 0. The Bertz CT molecular complexity index is 691. The van der Waals surface area contributed by atoms with Crippen LogP contribution < -0.4 is 0 Å². The molecule has 0 aliphatic carbocycles. The third-order valence-corrected chi connectivity index (χ3v) is 3.63. The SMILES string of the molecule is Clc1ccccc1-c1ncc2c(Br)cccn12. The van der Waals surface area contributed by atoms with Crippen molar-refractivity contribution in [2.75, 3.05) is 0 Å². The number of pyridine rings is 1. The lowest BCUT2D eigenvalue weighted by Crippen LogP contribution is -1.89. The van der Waals surface area contributed by atoms with Crippen LogP contribution in [-0.2, 0) is 0 Å². The molecule has 2 aromatic heterocycles. The van der Waals surface area contributed by atoms with Crippen LogP contribution in [0.15, 0.2) is 53.3 Å². The van der Waals surface area contributed by atoms with Gasteiger partial charge in [-0.25, -0.2) is 4.98 Å². The second kappa shape index (κ2) is 4.17. The zero-order chi connectivity index (χ0) is 11.8. The van der Waals surface area contributed by atoms with Crippen LogP contribution in [0.4, 0.5) is 0 Å². The Balaban J connectivity index is 2.33. The van der Waals surface area contributed by atoms with Crippen molar-refractivity contribution in [1.82, 2.24) is 9.38 Å². The van der Waals surface area contributed by atoms with E-state index in [1.165, 1.54) is 0 Å². The molecule has 2 nitrogen and oxygen atoms in total. The quantitative estimate of drug-likeness (QED) is 0.650. The Kier molecular flexibility index (Phi) is 2.65. The molecule has 0 unspecified atom stereocenters. The molecule has 2 heterocycles. The molecule has 0 saturated carbocycles. The van der Waals surface area contributed by atoms with Gasteiger partial charge in [-0.2, -0.15) is 0 Å². The molecule has 3 aromatic rings. The van der Waals surface area contributed by atoms with Crippen molar-refractivity contribution in [2.45, 2.75) is 0 Å². The normalized spacial score (nSPS) is 10.9. The summed E-state index contributed by atoms with van der Waals surface area (Å²) >= 11 is 9.70. The van der Waals surface area contributed by atoms with Crippen molar-refractivity contribution in [1.29, 1.82) is 0 Å². The highest BCUT2D eigenvalue weighted by Crippen LogP contribution is 2.29. The van der Waals surface area contributed by atoms with E-state index < -0.39 is 0 Å². The summed E-state index contributed by atoms with van der Waals surface area (Å²) in [4.78, 5) is 4.44. The molecular formula is C13H8BrClN2. The van der Waals surface area contributed by atoms with E-state index in [1.807, 2.05) is 53.2 Å². The molecule has 0 spiro atoms. The topological polar surface area (TPSA) is 17.3 Å². The van der Waals surface area contributed by atoms with Gasteiger partial charge in [0.25, 0.3) is 0 Å². The van der Waals surface area contributed by atoms with E-state index in [9.17, 15) is 0 Å². The molecule has 0 radical (unpaired) electrons. The fourth-order valence-electron chi connectivity index (χ4n) is 1.83. The second-order valence-electron chi connectivity index (χ2n) is 3.67. The Morgan fingerprint density at radius 3 is 2.76 bits per heavy atom. The van der Waals surface area contributed by atoms with Crippen molar-refractivity contribution in [3.8, 4) is 11.4 Å². The lowest BCUT2D eigenvalue weighted by molar-refractivity contribution is 1.16. The molecule has 0 amide bonds. The van der Waals surface area contributed by atoms with Gasteiger partial charge in [0.1, 0.15) is 5.82 Å². The average Bonchev–Trinajstić information content (AvgIpc) is 2.75. The van der Waals surface area contributed by atoms with E-state index in [4.69, 9.17) is 11.6 Å². The third-order valence-electron chi connectivity index (χ3n) is 2.63. The minimum Gasteiger partial charge on any atom is -0.299 e. The number of benzene rings is 1. The van der Waals surface area contributed by atoms with Gasteiger partial charge in [-0.3, -0.25) is 4.40 Å². The van der Waals surface area contributed by atoms with Crippen LogP contribution in [0.3, 0.4) is 0 Å². The third kappa shape index (κ3) is 1.75. The minimum absolute atomic E-state index is 0.708. The van der Waals surface area contributed by atoms with Crippen molar-refractivity contribution in [2.24, 2.45) is 0 Å². The monoisotopic (exact) mass is 306 g/mol. The van der Waals surface area contributed by atoms with Crippen LogP contribution >= 0.6 is 27.5 Å². The van der Waals surface area contributed by atoms with E-state index >= 15 is 0 Å². The summed E-state index contributed by atoms with van der Waals surface area (Å²) in [6.07, 6.45) is 3.81. The Labute approximate surface area is 112 Å². The van der Waals surface area contributed by atoms with Crippen LogP contribution in [0.1, 0.15) is 0 Å². The number of aromatic nitrogens is 2. The summed E-state index contributed by atoms with van der Waals surface area (Å²) in [7, 11) is 0. The van der Waals surface area contributed by atoms with Gasteiger partial charge in [-0.15, -0.1) is 0 Å². The first-order valence-corrected chi connectivity index (χ1v) is 6.31. The average molecular weight is 308 g/mol. The van der Waals surface area contributed by atoms with E-state index in [1.54, 1.807) is 0 Å². The van der Waals surface area contributed by atoms with E-state index in [0.717, 1.165) is 21.4 Å². The molecule has 0 saturated heterocycles. The number of rotatable bonds is 1. The molecule has 0 atom stereocenters. The maximum atomic E-state index is 6.19. The van der Waals surface area contributed by atoms with Crippen LogP contribution in [-0.4, -0.2) is 9.38 Å². The van der Waals surface area contributed by atoms with E-state index in [-0.39, 0.29) is 0 Å². The number of fused-ring (bicyclic) bond motifs is 1.